The topological polar surface area (TPSA) is 105 Å². The summed E-state index contributed by atoms with van der Waals surface area (Å²) >= 11 is 0. The molecule has 9 heteroatoms. The lowest BCUT2D eigenvalue weighted by atomic mass is 10.3. The summed E-state index contributed by atoms with van der Waals surface area (Å²) in [6.07, 6.45) is 1.29. The van der Waals surface area contributed by atoms with E-state index in [0.717, 1.165) is 13.1 Å². The van der Waals surface area contributed by atoms with E-state index >= 15 is 0 Å². The van der Waals surface area contributed by atoms with E-state index in [0.29, 0.717) is 19.7 Å². The molecule has 9 nitrogen and oxygen atoms in total. The number of nitrogens with zero attached hydrogens (tertiary/aromatic N) is 4. The monoisotopic (exact) mass is 296 g/mol. The van der Waals surface area contributed by atoms with Crippen LogP contribution in [0.25, 0.3) is 0 Å². The van der Waals surface area contributed by atoms with Crippen LogP contribution in [0.5, 0.6) is 0 Å². The molecule has 1 aromatic heterocycles. The molecule has 116 valence electrons. The molecular weight excluding hydrogens is 276 g/mol. The highest BCUT2D eigenvalue weighted by Crippen LogP contribution is 2.28. The first-order chi connectivity index (χ1) is 10.1. The Kier molecular flexibility index (Phi) is 5.23. The number of likely N-dealkylation sites (N-methyl/N-ethyl adjacent to an activating group) is 1. The highest BCUT2D eigenvalue weighted by Gasteiger charge is 2.24. The third-order valence-corrected chi connectivity index (χ3v) is 3.19. The molecule has 21 heavy (non-hydrogen) atoms. The fourth-order valence-corrected chi connectivity index (χ4v) is 2.18. The van der Waals surface area contributed by atoms with Gasteiger partial charge in [-0.3, -0.25) is 10.1 Å². The Hall–Kier alpha value is -2.00. The van der Waals surface area contributed by atoms with Gasteiger partial charge < -0.3 is 20.3 Å². The second-order valence-corrected chi connectivity index (χ2v) is 4.84. The third kappa shape index (κ3) is 3.99. The zero-order chi connectivity index (χ0) is 15.2. The largest absolute Gasteiger partial charge is 0.374 e. The zero-order valence-corrected chi connectivity index (χ0v) is 12.2. The van der Waals surface area contributed by atoms with E-state index in [4.69, 9.17) is 4.74 Å². The van der Waals surface area contributed by atoms with Crippen LogP contribution in [-0.2, 0) is 4.74 Å². The Morgan fingerprint density at radius 3 is 2.81 bits per heavy atom. The van der Waals surface area contributed by atoms with Crippen LogP contribution in [0.4, 0.5) is 17.3 Å². The van der Waals surface area contributed by atoms with Gasteiger partial charge in [0.25, 0.3) is 0 Å². The molecule has 1 unspecified atom stereocenters. The molecule has 1 aliphatic rings. The van der Waals surface area contributed by atoms with Gasteiger partial charge in [-0.1, -0.05) is 0 Å². The average molecular weight is 296 g/mol. The summed E-state index contributed by atoms with van der Waals surface area (Å²) in [6.45, 7) is 5.21. The molecular formula is C12H20N6O3. The van der Waals surface area contributed by atoms with Gasteiger partial charge in [-0.25, -0.2) is 9.97 Å². The van der Waals surface area contributed by atoms with Gasteiger partial charge in [-0.15, -0.1) is 0 Å². The molecule has 0 amide bonds. The third-order valence-electron chi connectivity index (χ3n) is 3.19. The van der Waals surface area contributed by atoms with Gasteiger partial charge in [0.15, 0.2) is 0 Å². The zero-order valence-electron chi connectivity index (χ0n) is 12.2. The summed E-state index contributed by atoms with van der Waals surface area (Å²) in [6, 6.07) is 0. The molecule has 1 aliphatic heterocycles. The summed E-state index contributed by atoms with van der Waals surface area (Å²) in [7, 11) is 2.02. The summed E-state index contributed by atoms with van der Waals surface area (Å²) in [5, 5.41) is 17.1. The molecule has 1 aromatic rings. The molecule has 2 heterocycles. The van der Waals surface area contributed by atoms with E-state index < -0.39 is 4.92 Å². The molecule has 2 N–H and O–H groups in total. The molecule has 2 rings (SSSR count). The van der Waals surface area contributed by atoms with Crippen molar-refractivity contribution < 1.29 is 9.66 Å². The maximum atomic E-state index is 11.2. The van der Waals surface area contributed by atoms with Crippen molar-refractivity contribution >= 4 is 17.3 Å². The number of nitro groups is 1. The van der Waals surface area contributed by atoms with Gasteiger partial charge in [0, 0.05) is 26.2 Å². The van der Waals surface area contributed by atoms with Crippen LogP contribution < -0.4 is 10.6 Å². The van der Waals surface area contributed by atoms with E-state index in [1.54, 1.807) is 0 Å². The van der Waals surface area contributed by atoms with Crippen LogP contribution in [0.15, 0.2) is 6.33 Å². The number of anilines is 2. The maximum Gasteiger partial charge on any atom is 0.353 e. The van der Waals surface area contributed by atoms with Gasteiger partial charge in [0.05, 0.1) is 17.6 Å². The van der Waals surface area contributed by atoms with Crippen molar-refractivity contribution in [3.05, 3.63) is 16.4 Å². The Morgan fingerprint density at radius 2 is 2.19 bits per heavy atom. The van der Waals surface area contributed by atoms with E-state index in [1.807, 2.05) is 14.0 Å². The fraction of sp³-hybridized carbons (Fsp3) is 0.667. The van der Waals surface area contributed by atoms with Crippen molar-refractivity contribution in [3.63, 3.8) is 0 Å². The normalized spacial score (nSPS) is 19.2. The van der Waals surface area contributed by atoms with Gasteiger partial charge in [0.2, 0.25) is 11.6 Å². The second-order valence-electron chi connectivity index (χ2n) is 4.84. The lowest BCUT2D eigenvalue weighted by Crippen LogP contribution is -2.43. The predicted molar refractivity (Wildman–Crippen MR) is 78.6 cm³/mol. The molecule has 0 spiro atoms. The molecule has 0 radical (unpaired) electrons. The smallest absolute Gasteiger partial charge is 0.353 e. The highest BCUT2D eigenvalue weighted by atomic mass is 16.6. The summed E-state index contributed by atoms with van der Waals surface area (Å²) in [4.78, 5) is 20.8. The van der Waals surface area contributed by atoms with Crippen molar-refractivity contribution in [2.45, 2.75) is 13.0 Å². The first kappa shape index (κ1) is 15.4. The van der Waals surface area contributed by atoms with E-state index in [1.165, 1.54) is 6.33 Å². The number of morpholine rings is 1. The number of ether oxygens (including phenoxy) is 1. The number of aromatic nitrogens is 2. The van der Waals surface area contributed by atoms with Gasteiger partial charge in [0.1, 0.15) is 6.33 Å². The standard InChI is InChI=1S/C12H20N6O3/c1-3-13-11-10(18(19)20)12(16-8-15-11)14-6-9-7-17(2)4-5-21-9/h8-9H,3-7H2,1-2H3,(H2,13,14,15,16). The maximum absolute atomic E-state index is 11.2. The molecule has 0 bridgehead atoms. The van der Waals surface area contributed by atoms with Gasteiger partial charge in [-0.2, -0.15) is 0 Å². The molecule has 0 aromatic carbocycles. The summed E-state index contributed by atoms with van der Waals surface area (Å²) in [5.41, 5.74) is -0.136. The van der Waals surface area contributed by atoms with E-state index in [2.05, 4.69) is 25.5 Å². The Labute approximate surface area is 122 Å². The molecule has 0 aliphatic carbocycles. The minimum absolute atomic E-state index is 0.0131. The predicted octanol–water partition coefficient (Wildman–Crippen LogP) is 0.559. The number of hydrogen-bond donors (Lipinski definition) is 2. The van der Waals surface area contributed by atoms with Gasteiger partial charge in [-0.05, 0) is 14.0 Å². The van der Waals surface area contributed by atoms with Crippen LogP contribution in [0.3, 0.4) is 0 Å². The number of nitrogens with one attached hydrogen (secondary N) is 2. The average Bonchev–Trinajstić information content (AvgIpc) is 2.45. The Bertz CT molecular complexity index is 498. The molecule has 1 atom stereocenters. The van der Waals surface area contributed by atoms with E-state index in [9.17, 15) is 10.1 Å². The quantitative estimate of drug-likeness (QED) is 0.579. The lowest BCUT2D eigenvalue weighted by Gasteiger charge is -2.30. The van der Waals surface area contributed by atoms with Crippen molar-refractivity contribution in [2.75, 3.05) is 50.5 Å². The Morgan fingerprint density at radius 1 is 1.48 bits per heavy atom. The van der Waals surface area contributed by atoms with Crippen LogP contribution in [0.2, 0.25) is 0 Å². The first-order valence-electron chi connectivity index (χ1n) is 6.89. The van der Waals surface area contributed by atoms with Crippen molar-refractivity contribution in [2.24, 2.45) is 0 Å². The lowest BCUT2D eigenvalue weighted by molar-refractivity contribution is -0.383. The first-order valence-corrected chi connectivity index (χ1v) is 6.89. The Balaban J connectivity index is 2.08. The van der Waals surface area contributed by atoms with Crippen molar-refractivity contribution in [1.82, 2.24) is 14.9 Å². The van der Waals surface area contributed by atoms with Crippen LogP contribution >= 0.6 is 0 Å². The number of rotatable bonds is 6. The molecule has 1 saturated heterocycles. The fourth-order valence-electron chi connectivity index (χ4n) is 2.18. The summed E-state index contributed by atoms with van der Waals surface area (Å²) < 4.78 is 5.62. The molecule has 1 fully saturated rings. The van der Waals surface area contributed by atoms with Crippen LogP contribution in [0, 0.1) is 10.1 Å². The van der Waals surface area contributed by atoms with Gasteiger partial charge >= 0.3 is 5.69 Å². The van der Waals surface area contributed by atoms with Crippen LogP contribution in [0.1, 0.15) is 6.92 Å². The van der Waals surface area contributed by atoms with Crippen LogP contribution in [-0.4, -0.2) is 65.7 Å². The van der Waals surface area contributed by atoms with Crippen molar-refractivity contribution in [1.29, 1.82) is 0 Å². The van der Waals surface area contributed by atoms with E-state index in [-0.39, 0.29) is 23.4 Å². The minimum atomic E-state index is -0.478. The molecule has 0 saturated carbocycles. The highest BCUT2D eigenvalue weighted by molar-refractivity contribution is 5.69. The van der Waals surface area contributed by atoms with Crippen molar-refractivity contribution in [3.8, 4) is 0 Å². The minimum Gasteiger partial charge on any atom is -0.374 e. The second kappa shape index (κ2) is 7.14. The SMILES string of the molecule is CCNc1ncnc(NCC2CN(C)CCO2)c1[N+](=O)[O-]. The number of hydrogen-bond acceptors (Lipinski definition) is 8. The summed E-state index contributed by atoms with van der Waals surface area (Å²) in [5.74, 6) is 0.435.